The smallest absolute Gasteiger partial charge is 0.306 e. The normalized spacial score (nSPS) is 10.0. The molecule has 1 N–H and O–H groups in total. The molecule has 0 atom stereocenters. The Morgan fingerprint density at radius 3 is 2.63 bits per heavy atom. The average molecular weight is 426 g/mol. The van der Waals surface area contributed by atoms with Crippen molar-refractivity contribution >= 4 is 35.1 Å². The first-order chi connectivity index (χ1) is 14.4. The lowest BCUT2D eigenvalue weighted by Crippen LogP contribution is -2.21. The number of anilines is 1. The maximum Gasteiger partial charge on any atom is 0.306 e. The predicted octanol–water partition coefficient (Wildman–Crippen LogP) is 3.76. The standard InChI is InChI=1S/C22H22N2O5S/c1-15-7-9-19(28-2)16(13-15)18(25)8-10-22(27)29-14-21(26)24-17-5-3-4-6-20(17)30-12-11-23/h3-7,9,13H,8,10,12,14H2,1-2H3,(H,24,26). The zero-order valence-corrected chi connectivity index (χ0v) is 17.6. The minimum atomic E-state index is -0.641. The number of para-hydroxylation sites is 1. The summed E-state index contributed by atoms with van der Waals surface area (Å²) in [5.74, 6) is -0.675. The Kier molecular flexibility index (Phi) is 8.91. The third-order valence-corrected chi connectivity index (χ3v) is 4.97. The van der Waals surface area contributed by atoms with E-state index < -0.39 is 18.5 Å². The SMILES string of the molecule is COc1ccc(C)cc1C(=O)CCC(=O)OCC(=O)Nc1ccccc1SCC#N. The summed E-state index contributed by atoms with van der Waals surface area (Å²) in [6.07, 6.45) is -0.189. The highest BCUT2D eigenvalue weighted by molar-refractivity contribution is 7.99. The first-order valence-corrected chi connectivity index (χ1v) is 10.1. The number of rotatable bonds is 10. The Labute approximate surface area is 179 Å². The van der Waals surface area contributed by atoms with Crippen LogP contribution in [-0.4, -0.2) is 37.1 Å². The molecule has 2 aromatic rings. The van der Waals surface area contributed by atoms with Crippen molar-refractivity contribution in [1.82, 2.24) is 0 Å². The largest absolute Gasteiger partial charge is 0.496 e. The minimum Gasteiger partial charge on any atom is -0.496 e. The third kappa shape index (κ3) is 6.94. The van der Waals surface area contributed by atoms with E-state index in [0.717, 1.165) is 10.5 Å². The van der Waals surface area contributed by atoms with Gasteiger partial charge in [-0.25, -0.2) is 0 Å². The number of carbonyl (C=O) groups is 3. The van der Waals surface area contributed by atoms with Crippen molar-refractivity contribution in [3.05, 3.63) is 53.6 Å². The Morgan fingerprint density at radius 1 is 1.13 bits per heavy atom. The number of nitrogens with one attached hydrogen (secondary N) is 1. The maximum absolute atomic E-state index is 12.4. The van der Waals surface area contributed by atoms with Crippen molar-refractivity contribution in [1.29, 1.82) is 5.26 Å². The number of nitriles is 1. The monoisotopic (exact) mass is 426 g/mol. The molecule has 0 unspecified atom stereocenters. The van der Waals surface area contributed by atoms with Crippen LogP contribution >= 0.6 is 11.8 Å². The first kappa shape index (κ1) is 23.0. The number of hydrogen-bond donors (Lipinski definition) is 1. The lowest BCUT2D eigenvalue weighted by atomic mass is 10.0. The van der Waals surface area contributed by atoms with Gasteiger partial charge in [-0.15, -0.1) is 11.8 Å². The summed E-state index contributed by atoms with van der Waals surface area (Å²) in [6.45, 7) is 1.40. The van der Waals surface area contributed by atoms with Crippen molar-refractivity contribution in [2.24, 2.45) is 0 Å². The van der Waals surface area contributed by atoms with Crippen molar-refractivity contribution < 1.29 is 23.9 Å². The van der Waals surface area contributed by atoms with Crippen molar-refractivity contribution in [2.75, 3.05) is 24.8 Å². The Balaban J connectivity index is 1.83. The summed E-state index contributed by atoms with van der Waals surface area (Å²) in [7, 11) is 1.48. The van der Waals surface area contributed by atoms with E-state index in [1.165, 1.54) is 18.9 Å². The fourth-order valence-corrected chi connectivity index (χ4v) is 3.27. The maximum atomic E-state index is 12.4. The van der Waals surface area contributed by atoms with Crippen LogP contribution in [0.15, 0.2) is 47.4 Å². The highest BCUT2D eigenvalue weighted by atomic mass is 32.2. The number of ketones is 1. The topological polar surface area (TPSA) is 105 Å². The zero-order valence-electron chi connectivity index (χ0n) is 16.8. The number of benzene rings is 2. The quantitative estimate of drug-likeness (QED) is 0.350. The van der Waals surface area contributed by atoms with Gasteiger partial charge in [-0.05, 0) is 31.2 Å². The molecule has 156 valence electrons. The molecule has 0 saturated carbocycles. The zero-order chi connectivity index (χ0) is 21.9. The lowest BCUT2D eigenvalue weighted by molar-refractivity contribution is -0.147. The van der Waals surface area contributed by atoms with Crippen LogP contribution in [0.2, 0.25) is 0 Å². The van der Waals surface area contributed by atoms with Gasteiger partial charge in [0.2, 0.25) is 0 Å². The number of esters is 1. The molecule has 0 spiro atoms. The Hall–Kier alpha value is -3.31. The van der Waals surface area contributed by atoms with E-state index in [2.05, 4.69) is 5.32 Å². The van der Waals surface area contributed by atoms with Crippen molar-refractivity contribution in [3.8, 4) is 11.8 Å². The van der Waals surface area contributed by atoms with Crippen LogP contribution in [0, 0.1) is 18.3 Å². The molecule has 2 rings (SSSR count). The van der Waals surface area contributed by atoms with Crippen molar-refractivity contribution in [2.45, 2.75) is 24.7 Å². The number of amides is 1. The number of nitrogens with zero attached hydrogens (tertiary/aromatic N) is 1. The summed E-state index contributed by atoms with van der Waals surface area (Å²) in [5, 5.41) is 11.4. The highest BCUT2D eigenvalue weighted by Gasteiger charge is 2.16. The highest BCUT2D eigenvalue weighted by Crippen LogP contribution is 2.26. The van der Waals surface area contributed by atoms with Gasteiger partial charge >= 0.3 is 5.97 Å². The molecule has 0 aliphatic rings. The predicted molar refractivity (Wildman–Crippen MR) is 114 cm³/mol. The van der Waals surface area contributed by atoms with Gasteiger partial charge in [-0.3, -0.25) is 14.4 Å². The van der Waals surface area contributed by atoms with Crippen LogP contribution < -0.4 is 10.1 Å². The van der Waals surface area contributed by atoms with Crippen LogP contribution in [-0.2, 0) is 14.3 Å². The van der Waals surface area contributed by atoms with Gasteiger partial charge in [0.1, 0.15) is 5.75 Å². The van der Waals surface area contributed by atoms with E-state index in [9.17, 15) is 14.4 Å². The summed E-state index contributed by atoms with van der Waals surface area (Å²) in [6, 6.07) is 14.3. The number of Topliss-reactive ketones (excluding diaryl/α,β-unsaturated/α-hetero) is 1. The number of ether oxygens (including phenoxy) is 2. The molecule has 0 bridgehead atoms. The van der Waals surface area contributed by atoms with Gasteiger partial charge in [0.05, 0.1) is 36.6 Å². The van der Waals surface area contributed by atoms with E-state index in [0.29, 0.717) is 17.0 Å². The lowest BCUT2D eigenvalue weighted by Gasteiger charge is -2.10. The number of thioether (sulfide) groups is 1. The molecule has 0 aliphatic carbocycles. The van der Waals surface area contributed by atoms with Crippen molar-refractivity contribution in [3.63, 3.8) is 0 Å². The van der Waals surface area contributed by atoms with Gasteiger partial charge in [0.15, 0.2) is 12.4 Å². The third-order valence-electron chi connectivity index (χ3n) is 4.03. The molecule has 1 amide bonds. The molecule has 8 heteroatoms. The fourth-order valence-electron chi connectivity index (χ4n) is 2.60. The molecule has 0 fully saturated rings. The van der Waals surface area contributed by atoms with Gasteiger partial charge < -0.3 is 14.8 Å². The fraction of sp³-hybridized carbons (Fsp3) is 0.273. The van der Waals surface area contributed by atoms with E-state index in [4.69, 9.17) is 14.7 Å². The second kappa shape index (κ2) is 11.6. The molecule has 0 radical (unpaired) electrons. The molecular formula is C22H22N2O5S. The molecule has 30 heavy (non-hydrogen) atoms. The van der Waals surface area contributed by atoms with Crippen LogP contribution in [0.5, 0.6) is 5.75 Å². The second-order valence-electron chi connectivity index (χ2n) is 6.28. The van der Waals surface area contributed by atoms with Gasteiger partial charge in [0.25, 0.3) is 5.91 Å². The minimum absolute atomic E-state index is 0.0477. The number of hydrogen-bond acceptors (Lipinski definition) is 7. The van der Waals surface area contributed by atoms with E-state index >= 15 is 0 Å². The number of aryl methyl sites for hydroxylation is 1. The molecule has 0 saturated heterocycles. The van der Waals surface area contributed by atoms with Gasteiger partial charge in [0, 0.05) is 11.3 Å². The average Bonchev–Trinajstić information content (AvgIpc) is 2.75. The summed E-state index contributed by atoms with van der Waals surface area (Å²) >= 11 is 1.30. The molecule has 0 aliphatic heterocycles. The summed E-state index contributed by atoms with van der Waals surface area (Å²) in [4.78, 5) is 37.2. The van der Waals surface area contributed by atoms with Crippen LogP contribution in [0.25, 0.3) is 0 Å². The van der Waals surface area contributed by atoms with E-state index in [1.807, 2.05) is 19.1 Å². The van der Waals surface area contributed by atoms with Crippen LogP contribution in [0.1, 0.15) is 28.8 Å². The Morgan fingerprint density at radius 2 is 1.90 bits per heavy atom. The molecule has 0 aromatic heterocycles. The molecule has 7 nitrogen and oxygen atoms in total. The number of carbonyl (C=O) groups excluding carboxylic acids is 3. The van der Waals surface area contributed by atoms with Crippen LogP contribution in [0.4, 0.5) is 5.69 Å². The second-order valence-corrected chi connectivity index (χ2v) is 7.30. The number of methoxy groups -OCH3 is 1. The van der Waals surface area contributed by atoms with Gasteiger partial charge in [-0.2, -0.15) is 5.26 Å². The van der Waals surface area contributed by atoms with Gasteiger partial charge in [-0.1, -0.05) is 23.8 Å². The summed E-state index contributed by atoms with van der Waals surface area (Å²) < 4.78 is 10.2. The van der Waals surface area contributed by atoms with E-state index in [1.54, 1.807) is 36.4 Å². The first-order valence-electron chi connectivity index (χ1n) is 9.16. The van der Waals surface area contributed by atoms with E-state index in [-0.39, 0.29) is 24.4 Å². The molecular weight excluding hydrogens is 404 g/mol. The Bertz CT molecular complexity index is 968. The van der Waals surface area contributed by atoms with Crippen LogP contribution in [0.3, 0.4) is 0 Å². The summed E-state index contributed by atoms with van der Waals surface area (Å²) in [5.41, 5.74) is 1.86. The molecule has 0 heterocycles. The molecule has 2 aromatic carbocycles.